The first-order valence-corrected chi connectivity index (χ1v) is 11.0. The standard InChI is InChI=1S/C23H28N4O5/c1-3-31-22(29)19-18(21(32-24-19)25-11-7-8-12-25)15-27-20(28)16(2)13-26(23(27)30)14-17-9-5-4-6-10-17/h4-6,9-10,13,18,21H,3,7-8,11-12,14-15H2,1-2H3. The summed E-state index contributed by atoms with van der Waals surface area (Å²) in [5.41, 5.74) is 0.708. The molecule has 0 bridgehead atoms. The van der Waals surface area contributed by atoms with Gasteiger partial charge in [-0.05, 0) is 32.3 Å². The molecule has 2 aliphatic rings. The van der Waals surface area contributed by atoms with Crippen molar-refractivity contribution in [1.82, 2.24) is 14.0 Å². The van der Waals surface area contributed by atoms with Gasteiger partial charge in [0.05, 0.1) is 19.1 Å². The minimum absolute atomic E-state index is 0.00699. The second-order valence-electron chi connectivity index (χ2n) is 8.17. The summed E-state index contributed by atoms with van der Waals surface area (Å²) in [6.45, 7) is 5.57. The van der Waals surface area contributed by atoms with E-state index in [4.69, 9.17) is 9.57 Å². The minimum Gasteiger partial charge on any atom is -0.461 e. The number of benzene rings is 1. The van der Waals surface area contributed by atoms with Crippen LogP contribution in [0.2, 0.25) is 0 Å². The highest BCUT2D eigenvalue weighted by atomic mass is 16.7. The number of hydrogen-bond donors (Lipinski definition) is 0. The smallest absolute Gasteiger partial charge is 0.356 e. The van der Waals surface area contributed by atoms with Gasteiger partial charge in [-0.15, -0.1) is 0 Å². The summed E-state index contributed by atoms with van der Waals surface area (Å²) in [6.07, 6.45) is 3.12. The van der Waals surface area contributed by atoms with E-state index < -0.39 is 23.8 Å². The maximum absolute atomic E-state index is 13.3. The van der Waals surface area contributed by atoms with Crippen LogP contribution in [-0.4, -0.2) is 51.6 Å². The summed E-state index contributed by atoms with van der Waals surface area (Å²) in [6, 6.07) is 9.57. The van der Waals surface area contributed by atoms with Gasteiger partial charge in [0.25, 0.3) is 5.56 Å². The third-order valence-electron chi connectivity index (χ3n) is 5.92. The molecule has 0 aliphatic carbocycles. The lowest BCUT2D eigenvalue weighted by Crippen LogP contribution is -2.48. The normalized spacial score (nSPS) is 20.8. The molecule has 0 amide bonds. The lowest BCUT2D eigenvalue weighted by Gasteiger charge is -2.27. The lowest BCUT2D eigenvalue weighted by molar-refractivity contribution is -0.135. The van der Waals surface area contributed by atoms with Gasteiger partial charge < -0.3 is 9.57 Å². The number of carbonyl (C=O) groups excluding carboxylic acids is 1. The number of oxime groups is 1. The molecule has 9 nitrogen and oxygen atoms in total. The Morgan fingerprint density at radius 2 is 1.91 bits per heavy atom. The van der Waals surface area contributed by atoms with Crippen molar-refractivity contribution in [2.45, 2.75) is 46.0 Å². The van der Waals surface area contributed by atoms with Gasteiger partial charge in [0.15, 0.2) is 11.9 Å². The highest BCUT2D eigenvalue weighted by Crippen LogP contribution is 2.27. The molecule has 1 aromatic heterocycles. The third kappa shape index (κ3) is 4.38. The number of nitrogens with zero attached hydrogens (tertiary/aromatic N) is 4. The van der Waals surface area contributed by atoms with Crippen molar-refractivity contribution in [2.75, 3.05) is 19.7 Å². The van der Waals surface area contributed by atoms with E-state index in [0.717, 1.165) is 31.5 Å². The molecule has 1 fully saturated rings. The fraction of sp³-hybridized carbons (Fsp3) is 0.478. The molecular weight excluding hydrogens is 412 g/mol. The molecule has 1 saturated heterocycles. The summed E-state index contributed by atoms with van der Waals surface area (Å²) < 4.78 is 7.86. The van der Waals surface area contributed by atoms with Crippen molar-refractivity contribution in [1.29, 1.82) is 0 Å². The van der Waals surface area contributed by atoms with Crippen molar-refractivity contribution in [3.8, 4) is 0 Å². The molecule has 9 heteroatoms. The zero-order valence-electron chi connectivity index (χ0n) is 18.4. The first kappa shape index (κ1) is 22.0. The van der Waals surface area contributed by atoms with E-state index >= 15 is 0 Å². The van der Waals surface area contributed by atoms with Gasteiger partial charge in [0.2, 0.25) is 0 Å². The summed E-state index contributed by atoms with van der Waals surface area (Å²) >= 11 is 0. The van der Waals surface area contributed by atoms with Crippen molar-refractivity contribution in [3.63, 3.8) is 0 Å². The molecule has 2 unspecified atom stereocenters. The van der Waals surface area contributed by atoms with Gasteiger partial charge in [0, 0.05) is 31.4 Å². The van der Waals surface area contributed by atoms with Crippen LogP contribution in [0, 0.1) is 12.8 Å². The molecule has 0 N–H and O–H groups in total. The summed E-state index contributed by atoms with van der Waals surface area (Å²) in [7, 11) is 0. The Balaban J connectivity index is 1.69. The molecule has 0 radical (unpaired) electrons. The largest absolute Gasteiger partial charge is 0.461 e. The van der Waals surface area contributed by atoms with Gasteiger partial charge in [-0.2, -0.15) is 0 Å². The topological polar surface area (TPSA) is 95.1 Å². The Bertz CT molecular complexity index is 1120. The molecule has 170 valence electrons. The van der Waals surface area contributed by atoms with E-state index in [2.05, 4.69) is 10.1 Å². The number of aryl methyl sites for hydroxylation is 1. The van der Waals surface area contributed by atoms with Crippen LogP contribution in [0.3, 0.4) is 0 Å². The summed E-state index contributed by atoms with van der Waals surface area (Å²) in [5.74, 6) is -1.16. The van der Waals surface area contributed by atoms with Crippen LogP contribution < -0.4 is 11.2 Å². The van der Waals surface area contributed by atoms with Gasteiger partial charge >= 0.3 is 11.7 Å². The number of aromatic nitrogens is 2. The molecule has 32 heavy (non-hydrogen) atoms. The van der Waals surface area contributed by atoms with Crippen molar-refractivity contribution in [2.24, 2.45) is 11.1 Å². The number of likely N-dealkylation sites (tertiary alicyclic amines) is 1. The van der Waals surface area contributed by atoms with Crippen molar-refractivity contribution < 1.29 is 14.4 Å². The molecule has 1 aromatic carbocycles. The van der Waals surface area contributed by atoms with Crippen LogP contribution >= 0.6 is 0 Å². The van der Waals surface area contributed by atoms with Gasteiger partial charge in [-0.25, -0.2) is 9.59 Å². The zero-order chi connectivity index (χ0) is 22.7. The fourth-order valence-corrected chi connectivity index (χ4v) is 4.32. The first-order chi connectivity index (χ1) is 15.5. The van der Waals surface area contributed by atoms with Gasteiger partial charge in [0.1, 0.15) is 0 Å². The highest BCUT2D eigenvalue weighted by Gasteiger charge is 2.43. The molecule has 4 rings (SSSR count). The molecule has 2 atom stereocenters. The van der Waals surface area contributed by atoms with E-state index in [1.807, 2.05) is 30.3 Å². The Morgan fingerprint density at radius 1 is 1.19 bits per heavy atom. The maximum Gasteiger partial charge on any atom is 0.356 e. The van der Waals surface area contributed by atoms with Crippen LogP contribution in [0.5, 0.6) is 0 Å². The number of ether oxygens (including phenoxy) is 1. The molecule has 2 aliphatic heterocycles. The Hall–Kier alpha value is -3.20. The van der Waals surface area contributed by atoms with Gasteiger partial charge in [-0.1, -0.05) is 35.5 Å². The SMILES string of the molecule is CCOC(=O)C1=NOC(N2CCCC2)C1Cn1c(=O)c(C)cn(Cc2ccccc2)c1=O. The Kier molecular flexibility index (Phi) is 6.55. The second kappa shape index (κ2) is 9.52. The van der Waals surface area contributed by atoms with Gasteiger partial charge in [-0.3, -0.25) is 18.8 Å². The monoisotopic (exact) mass is 440 g/mol. The number of hydrogen-bond acceptors (Lipinski definition) is 7. The number of carbonyl (C=O) groups is 1. The summed E-state index contributed by atoms with van der Waals surface area (Å²) in [5, 5.41) is 4.01. The molecular formula is C23H28N4O5. The van der Waals surface area contributed by atoms with Crippen LogP contribution in [-0.2, 0) is 27.5 Å². The quantitative estimate of drug-likeness (QED) is 0.604. The van der Waals surface area contributed by atoms with E-state index in [-0.39, 0.29) is 24.4 Å². The third-order valence-corrected chi connectivity index (χ3v) is 5.92. The number of rotatable bonds is 7. The zero-order valence-corrected chi connectivity index (χ0v) is 18.4. The van der Waals surface area contributed by atoms with E-state index in [0.29, 0.717) is 12.1 Å². The second-order valence-corrected chi connectivity index (χ2v) is 8.17. The lowest BCUT2D eigenvalue weighted by atomic mass is 10.0. The van der Waals surface area contributed by atoms with Crippen LogP contribution in [0.25, 0.3) is 0 Å². The highest BCUT2D eigenvalue weighted by molar-refractivity contribution is 6.37. The van der Waals surface area contributed by atoms with Crippen LogP contribution in [0.4, 0.5) is 0 Å². The molecule has 0 spiro atoms. The van der Waals surface area contributed by atoms with E-state index in [1.54, 1.807) is 20.0 Å². The van der Waals surface area contributed by atoms with Crippen LogP contribution in [0.1, 0.15) is 30.9 Å². The maximum atomic E-state index is 13.3. The predicted octanol–water partition coefficient (Wildman–Crippen LogP) is 1.35. The molecule has 3 heterocycles. The van der Waals surface area contributed by atoms with E-state index in [9.17, 15) is 14.4 Å². The Labute approximate surface area is 185 Å². The fourth-order valence-electron chi connectivity index (χ4n) is 4.32. The minimum atomic E-state index is -0.579. The number of esters is 1. The molecule has 2 aromatic rings. The van der Waals surface area contributed by atoms with Crippen LogP contribution in [0.15, 0.2) is 51.3 Å². The predicted molar refractivity (Wildman–Crippen MR) is 118 cm³/mol. The Morgan fingerprint density at radius 3 is 2.59 bits per heavy atom. The first-order valence-electron chi connectivity index (χ1n) is 11.0. The van der Waals surface area contributed by atoms with Crippen molar-refractivity contribution >= 4 is 11.7 Å². The average Bonchev–Trinajstić information content (AvgIpc) is 3.45. The van der Waals surface area contributed by atoms with E-state index in [1.165, 1.54) is 9.13 Å². The molecule has 0 saturated carbocycles. The summed E-state index contributed by atoms with van der Waals surface area (Å²) in [4.78, 5) is 46.5. The van der Waals surface area contributed by atoms with Crippen molar-refractivity contribution in [3.05, 3.63) is 68.5 Å². The average molecular weight is 441 g/mol.